The zero-order chi connectivity index (χ0) is 28.2. The minimum Gasteiger partial charge on any atom is -0.354 e. The highest BCUT2D eigenvalue weighted by molar-refractivity contribution is 6.30. The maximum Gasteiger partial charge on any atom is 0.273 e. The molecule has 5 rings (SSSR count). The van der Waals surface area contributed by atoms with Gasteiger partial charge in [0.2, 0.25) is 0 Å². The van der Waals surface area contributed by atoms with Crippen molar-refractivity contribution in [1.82, 2.24) is 14.9 Å². The Labute approximate surface area is 238 Å². The average Bonchev–Trinajstić information content (AvgIpc) is 3.21. The maximum atomic E-state index is 13.4. The van der Waals surface area contributed by atoms with Gasteiger partial charge in [0, 0.05) is 71.6 Å². The fourth-order valence-corrected chi connectivity index (χ4v) is 5.15. The lowest BCUT2D eigenvalue weighted by Crippen LogP contribution is -2.35. The number of rotatable bonds is 6. The summed E-state index contributed by atoms with van der Waals surface area (Å²) in [4.78, 5) is 38.3. The van der Waals surface area contributed by atoms with Crippen LogP contribution in [0.25, 0.3) is 11.4 Å². The summed E-state index contributed by atoms with van der Waals surface area (Å²) in [5, 5.41) is 12.1. The second kappa shape index (κ2) is 11.8. The van der Waals surface area contributed by atoms with E-state index in [2.05, 4.69) is 4.90 Å². The first-order valence-electron chi connectivity index (χ1n) is 13.3. The molecule has 1 saturated heterocycles. The fraction of sp³-hybridized carbons (Fsp3) is 0.258. The van der Waals surface area contributed by atoms with Gasteiger partial charge >= 0.3 is 0 Å². The predicted molar refractivity (Wildman–Crippen MR) is 157 cm³/mol. The van der Waals surface area contributed by atoms with E-state index in [-0.39, 0.29) is 11.6 Å². The number of nitro groups is 1. The topological polar surface area (TPSA) is 92.5 Å². The minimum absolute atomic E-state index is 0.0426. The number of amides is 1. The monoisotopic (exact) mass is 555 g/mol. The smallest absolute Gasteiger partial charge is 0.273 e. The van der Waals surface area contributed by atoms with Gasteiger partial charge in [0.05, 0.1) is 4.92 Å². The zero-order valence-electron chi connectivity index (χ0n) is 22.5. The molecular formula is C31H30ClN5O3. The normalized spacial score (nSPS) is 13.7. The molecule has 1 amide bonds. The fourth-order valence-electron chi connectivity index (χ4n) is 5.03. The predicted octanol–water partition coefficient (Wildman–Crippen LogP) is 6.27. The van der Waals surface area contributed by atoms with Gasteiger partial charge in [-0.1, -0.05) is 60.1 Å². The number of hydrogen-bond donors (Lipinski definition) is 0. The van der Waals surface area contributed by atoms with E-state index in [9.17, 15) is 14.9 Å². The molecule has 0 unspecified atom stereocenters. The Balaban J connectivity index is 1.45. The first kappa shape index (κ1) is 27.3. The molecule has 2 heterocycles. The quantitative estimate of drug-likeness (QED) is 0.206. The molecular weight excluding hydrogens is 526 g/mol. The van der Waals surface area contributed by atoms with Gasteiger partial charge in [0.25, 0.3) is 11.6 Å². The Hall–Kier alpha value is -4.30. The van der Waals surface area contributed by atoms with Gasteiger partial charge in [-0.15, -0.1) is 0 Å². The molecule has 204 valence electrons. The van der Waals surface area contributed by atoms with Crippen molar-refractivity contribution in [3.8, 4) is 11.4 Å². The molecule has 40 heavy (non-hydrogen) atoms. The van der Waals surface area contributed by atoms with Crippen LogP contribution in [-0.4, -0.2) is 51.9 Å². The molecule has 0 radical (unpaired) electrons. The minimum atomic E-state index is -0.444. The Morgan fingerprint density at radius 2 is 1.70 bits per heavy atom. The van der Waals surface area contributed by atoms with Crippen molar-refractivity contribution < 1.29 is 9.72 Å². The molecule has 1 aliphatic heterocycles. The second-order valence-corrected chi connectivity index (χ2v) is 10.4. The van der Waals surface area contributed by atoms with E-state index < -0.39 is 4.92 Å². The van der Waals surface area contributed by atoms with Crippen LogP contribution in [0.3, 0.4) is 0 Å². The zero-order valence-corrected chi connectivity index (χ0v) is 23.3. The first-order chi connectivity index (χ1) is 19.3. The van der Waals surface area contributed by atoms with Crippen LogP contribution < -0.4 is 4.90 Å². The van der Waals surface area contributed by atoms with Gasteiger partial charge in [0.1, 0.15) is 5.82 Å². The lowest BCUT2D eigenvalue weighted by molar-refractivity contribution is -0.385. The molecule has 0 bridgehead atoms. The highest BCUT2D eigenvalue weighted by Gasteiger charge is 2.25. The van der Waals surface area contributed by atoms with Crippen molar-refractivity contribution in [3.05, 3.63) is 116 Å². The van der Waals surface area contributed by atoms with Crippen LogP contribution in [0.5, 0.6) is 0 Å². The molecule has 0 spiro atoms. The molecule has 9 heteroatoms. The lowest BCUT2D eigenvalue weighted by atomic mass is 10.0. The Morgan fingerprint density at radius 1 is 0.950 bits per heavy atom. The van der Waals surface area contributed by atoms with Crippen molar-refractivity contribution in [2.24, 2.45) is 0 Å². The van der Waals surface area contributed by atoms with E-state index in [1.54, 1.807) is 24.0 Å². The summed E-state index contributed by atoms with van der Waals surface area (Å²) >= 11 is 6.12. The molecule has 0 N–H and O–H groups in total. The van der Waals surface area contributed by atoms with E-state index in [1.807, 2.05) is 61.5 Å². The Morgan fingerprint density at radius 3 is 2.42 bits per heavy atom. The van der Waals surface area contributed by atoms with Gasteiger partial charge in [-0.05, 0) is 44.0 Å². The van der Waals surface area contributed by atoms with Crippen LogP contribution in [0.4, 0.5) is 11.5 Å². The number of aryl methyl sites for hydroxylation is 2. The molecule has 8 nitrogen and oxygen atoms in total. The summed E-state index contributed by atoms with van der Waals surface area (Å²) in [7, 11) is 0. The van der Waals surface area contributed by atoms with Crippen LogP contribution >= 0.6 is 11.6 Å². The second-order valence-electron chi connectivity index (χ2n) is 10.00. The Kier molecular flexibility index (Phi) is 8.07. The van der Waals surface area contributed by atoms with Gasteiger partial charge in [0.15, 0.2) is 5.82 Å². The van der Waals surface area contributed by atoms with Crippen LogP contribution in [0.15, 0.2) is 72.8 Å². The largest absolute Gasteiger partial charge is 0.354 e. The van der Waals surface area contributed by atoms with Crippen molar-refractivity contribution in [2.75, 3.05) is 31.1 Å². The molecule has 1 fully saturated rings. The number of carbonyl (C=O) groups is 1. The number of anilines is 1. The summed E-state index contributed by atoms with van der Waals surface area (Å²) in [6.07, 6.45) is 1.39. The highest BCUT2D eigenvalue weighted by atomic mass is 35.5. The van der Waals surface area contributed by atoms with Gasteiger partial charge < -0.3 is 9.80 Å². The number of benzene rings is 3. The van der Waals surface area contributed by atoms with Crippen LogP contribution in [0, 0.1) is 24.0 Å². The van der Waals surface area contributed by atoms with E-state index in [1.165, 1.54) is 6.07 Å². The molecule has 4 aromatic rings. The third kappa shape index (κ3) is 5.97. The molecule has 0 aliphatic carbocycles. The number of hydrogen-bond acceptors (Lipinski definition) is 6. The maximum absolute atomic E-state index is 13.4. The van der Waals surface area contributed by atoms with E-state index in [0.717, 1.165) is 41.2 Å². The standard InChI is InChI=1S/C31H30ClN5O3/c1-21-9-12-25(20-28(21)37(39)40)31(38)36-16-6-15-35(17-18-36)30-27(19-23-10-13-26(32)14-11-23)22(2)33-29(34-30)24-7-4-3-5-8-24/h3-5,7-14,20H,6,15-19H2,1-2H3. The molecule has 0 atom stereocenters. The van der Waals surface area contributed by atoms with Crippen molar-refractivity contribution in [3.63, 3.8) is 0 Å². The van der Waals surface area contributed by atoms with Crippen molar-refractivity contribution in [1.29, 1.82) is 0 Å². The average molecular weight is 556 g/mol. The Bertz CT molecular complexity index is 1540. The summed E-state index contributed by atoms with van der Waals surface area (Å²) in [6, 6.07) is 22.4. The van der Waals surface area contributed by atoms with Crippen LogP contribution in [-0.2, 0) is 6.42 Å². The van der Waals surface area contributed by atoms with Crippen LogP contribution in [0.2, 0.25) is 5.02 Å². The number of halogens is 1. The summed E-state index contributed by atoms with van der Waals surface area (Å²) in [6.45, 7) is 6.02. The number of nitrogens with zero attached hydrogens (tertiary/aromatic N) is 5. The molecule has 1 aromatic heterocycles. The summed E-state index contributed by atoms with van der Waals surface area (Å²) in [5.41, 5.74) is 4.82. The van der Waals surface area contributed by atoms with E-state index in [4.69, 9.17) is 21.6 Å². The molecule has 1 aliphatic rings. The van der Waals surface area contributed by atoms with Crippen molar-refractivity contribution >= 4 is 29.0 Å². The first-order valence-corrected chi connectivity index (χ1v) is 13.6. The van der Waals surface area contributed by atoms with E-state index >= 15 is 0 Å². The van der Waals surface area contributed by atoms with E-state index in [0.29, 0.717) is 48.0 Å². The van der Waals surface area contributed by atoms with Crippen molar-refractivity contribution in [2.45, 2.75) is 26.7 Å². The lowest BCUT2D eigenvalue weighted by Gasteiger charge is -2.26. The number of aromatic nitrogens is 2. The van der Waals surface area contributed by atoms with Crippen LogP contribution in [0.1, 0.15) is 39.2 Å². The van der Waals surface area contributed by atoms with Gasteiger partial charge in [-0.3, -0.25) is 14.9 Å². The summed E-state index contributed by atoms with van der Waals surface area (Å²) in [5.74, 6) is 1.33. The van der Waals surface area contributed by atoms with Gasteiger partial charge in [-0.25, -0.2) is 9.97 Å². The molecule has 3 aromatic carbocycles. The number of nitro benzene ring substituents is 1. The third-order valence-electron chi connectivity index (χ3n) is 7.25. The van der Waals surface area contributed by atoms with Gasteiger partial charge in [-0.2, -0.15) is 0 Å². The SMILES string of the molecule is Cc1ccc(C(=O)N2CCCN(c3nc(-c4ccccc4)nc(C)c3Cc3ccc(Cl)cc3)CC2)cc1[N+](=O)[O-]. The summed E-state index contributed by atoms with van der Waals surface area (Å²) < 4.78 is 0. The highest BCUT2D eigenvalue weighted by Crippen LogP contribution is 2.29. The molecule has 0 saturated carbocycles. The number of carbonyl (C=O) groups excluding carboxylic acids is 1. The third-order valence-corrected chi connectivity index (χ3v) is 7.51.